The van der Waals surface area contributed by atoms with E-state index in [2.05, 4.69) is 43.2 Å². The van der Waals surface area contributed by atoms with Gasteiger partial charge in [-0.15, -0.1) is 0 Å². The van der Waals surface area contributed by atoms with Crippen LogP contribution in [0.5, 0.6) is 0 Å². The van der Waals surface area contributed by atoms with Gasteiger partial charge in [-0.1, -0.05) is 31.5 Å². The summed E-state index contributed by atoms with van der Waals surface area (Å²) in [6.07, 6.45) is 4.69. The number of hydrogen-bond donors (Lipinski definition) is 1. The van der Waals surface area contributed by atoms with Crippen molar-refractivity contribution in [1.29, 1.82) is 5.26 Å². The van der Waals surface area contributed by atoms with Gasteiger partial charge in [-0.2, -0.15) is 5.26 Å². The Morgan fingerprint density at radius 2 is 2.00 bits per heavy atom. The topological polar surface area (TPSA) is 65.8 Å². The van der Waals surface area contributed by atoms with Gasteiger partial charge in [0.2, 0.25) is 5.91 Å². The number of carbonyl (C=O) groups is 1. The standard InChI is InChI=1S/C21H25N3OS/c1-13-6-4-5-7-18(13)23-20(25)12-26-21-17(11-22)10-16-8-14(2)15(3)9-19(16)24-21/h8-10,13,18H,4-7,12H2,1-3H3,(H,23,25)/t13-,18+/m0/s1. The lowest BCUT2D eigenvalue weighted by atomic mass is 9.86. The molecule has 5 heteroatoms. The molecule has 0 aliphatic heterocycles. The molecule has 2 atom stereocenters. The van der Waals surface area contributed by atoms with Crippen LogP contribution in [0.4, 0.5) is 0 Å². The summed E-state index contributed by atoms with van der Waals surface area (Å²) in [6.45, 7) is 6.32. The summed E-state index contributed by atoms with van der Waals surface area (Å²) in [6, 6.07) is 8.47. The molecule has 0 bridgehead atoms. The van der Waals surface area contributed by atoms with Crippen LogP contribution >= 0.6 is 11.8 Å². The lowest BCUT2D eigenvalue weighted by Gasteiger charge is -2.29. The Bertz CT molecular complexity index is 872. The Morgan fingerprint density at radius 1 is 1.27 bits per heavy atom. The summed E-state index contributed by atoms with van der Waals surface area (Å²) in [5.74, 6) is 0.860. The number of carbonyl (C=O) groups excluding carboxylic acids is 1. The van der Waals surface area contributed by atoms with Crippen molar-refractivity contribution < 1.29 is 4.79 Å². The molecule has 136 valence electrons. The minimum Gasteiger partial charge on any atom is -0.352 e. The Morgan fingerprint density at radius 3 is 2.73 bits per heavy atom. The SMILES string of the molecule is Cc1cc2cc(C#N)c(SCC(=O)N[C@@H]3CCCC[C@@H]3C)nc2cc1C. The molecule has 1 N–H and O–H groups in total. The van der Waals surface area contributed by atoms with Crippen molar-refractivity contribution in [2.75, 3.05) is 5.75 Å². The van der Waals surface area contributed by atoms with Crippen LogP contribution in [0.3, 0.4) is 0 Å². The van der Waals surface area contributed by atoms with E-state index in [1.165, 1.54) is 42.2 Å². The third-order valence-electron chi connectivity index (χ3n) is 5.31. The maximum Gasteiger partial charge on any atom is 0.230 e. The number of aromatic nitrogens is 1. The number of fused-ring (bicyclic) bond motifs is 1. The first-order valence-electron chi connectivity index (χ1n) is 9.22. The summed E-state index contributed by atoms with van der Waals surface area (Å²) < 4.78 is 0. The Kier molecular flexibility index (Phi) is 5.83. The van der Waals surface area contributed by atoms with Gasteiger partial charge in [0.1, 0.15) is 11.1 Å². The molecule has 1 aliphatic carbocycles. The second kappa shape index (κ2) is 8.09. The lowest BCUT2D eigenvalue weighted by Crippen LogP contribution is -2.41. The van der Waals surface area contributed by atoms with E-state index in [1.807, 2.05) is 12.1 Å². The quantitative estimate of drug-likeness (QED) is 0.808. The predicted molar refractivity (Wildman–Crippen MR) is 106 cm³/mol. The number of amides is 1. The van der Waals surface area contributed by atoms with E-state index in [1.54, 1.807) is 0 Å². The highest BCUT2D eigenvalue weighted by Gasteiger charge is 2.23. The number of nitriles is 1. The first kappa shape index (κ1) is 18.7. The fraction of sp³-hybridized carbons (Fsp3) is 0.476. The van der Waals surface area contributed by atoms with Crippen LogP contribution in [0.15, 0.2) is 23.2 Å². The van der Waals surface area contributed by atoms with Crippen molar-refractivity contribution in [3.8, 4) is 6.07 Å². The predicted octanol–water partition coefficient (Wildman–Crippen LogP) is 4.51. The average molecular weight is 368 g/mol. The molecular weight excluding hydrogens is 342 g/mol. The lowest BCUT2D eigenvalue weighted by molar-refractivity contribution is -0.119. The molecule has 1 aromatic carbocycles. The highest BCUT2D eigenvalue weighted by Crippen LogP contribution is 2.27. The fourth-order valence-electron chi connectivity index (χ4n) is 3.53. The number of aryl methyl sites for hydroxylation is 2. The molecule has 0 radical (unpaired) electrons. The Hall–Kier alpha value is -2.06. The third kappa shape index (κ3) is 4.19. The van der Waals surface area contributed by atoms with Gasteiger partial charge in [-0.3, -0.25) is 4.79 Å². The van der Waals surface area contributed by atoms with Gasteiger partial charge in [0.05, 0.1) is 16.8 Å². The zero-order valence-corrected chi connectivity index (χ0v) is 16.4. The normalized spacial score (nSPS) is 19.9. The van der Waals surface area contributed by atoms with Crippen LogP contribution in [-0.2, 0) is 4.79 Å². The summed E-state index contributed by atoms with van der Waals surface area (Å²) in [4.78, 5) is 17.0. The van der Waals surface area contributed by atoms with E-state index < -0.39 is 0 Å². The molecule has 26 heavy (non-hydrogen) atoms. The Labute approximate surface area is 159 Å². The van der Waals surface area contributed by atoms with Gasteiger partial charge >= 0.3 is 0 Å². The van der Waals surface area contributed by atoms with Gasteiger partial charge in [-0.25, -0.2) is 4.98 Å². The fourth-order valence-corrected chi connectivity index (χ4v) is 4.30. The highest BCUT2D eigenvalue weighted by molar-refractivity contribution is 8.00. The molecule has 1 aliphatic rings. The van der Waals surface area contributed by atoms with E-state index in [0.29, 0.717) is 22.3 Å². The van der Waals surface area contributed by atoms with Crippen molar-refractivity contribution >= 4 is 28.6 Å². The zero-order valence-electron chi connectivity index (χ0n) is 15.6. The molecule has 0 saturated heterocycles. The molecule has 1 heterocycles. The van der Waals surface area contributed by atoms with Gasteiger partial charge in [0.25, 0.3) is 0 Å². The van der Waals surface area contributed by atoms with Gasteiger partial charge in [0.15, 0.2) is 0 Å². The maximum atomic E-state index is 12.3. The monoisotopic (exact) mass is 367 g/mol. The number of benzene rings is 1. The molecule has 2 aromatic rings. The van der Waals surface area contributed by atoms with Crippen molar-refractivity contribution in [3.63, 3.8) is 0 Å². The van der Waals surface area contributed by atoms with Gasteiger partial charge < -0.3 is 5.32 Å². The van der Waals surface area contributed by atoms with Gasteiger partial charge in [0, 0.05) is 11.4 Å². The van der Waals surface area contributed by atoms with Gasteiger partial charge in [-0.05, 0) is 61.9 Å². The molecule has 1 amide bonds. The summed E-state index contributed by atoms with van der Waals surface area (Å²) in [5, 5.41) is 14.2. The van der Waals surface area contributed by atoms with Crippen LogP contribution < -0.4 is 5.32 Å². The summed E-state index contributed by atoms with van der Waals surface area (Å²) in [5.41, 5.74) is 3.76. The van der Waals surface area contributed by atoms with E-state index in [0.717, 1.165) is 17.3 Å². The smallest absolute Gasteiger partial charge is 0.230 e. The van der Waals surface area contributed by atoms with Crippen molar-refractivity contribution in [2.45, 2.75) is 57.5 Å². The van der Waals surface area contributed by atoms with Crippen molar-refractivity contribution in [1.82, 2.24) is 10.3 Å². The Balaban J connectivity index is 1.72. The molecule has 0 spiro atoms. The maximum absolute atomic E-state index is 12.3. The zero-order chi connectivity index (χ0) is 18.7. The van der Waals surface area contributed by atoms with Crippen molar-refractivity contribution in [3.05, 3.63) is 34.9 Å². The molecule has 0 unspecified atom stereocenters. The molecule has 4 nitrogen and oxygen atoms in total. The van der Waals surface area contributed by atoms with E-state index >= 15 is 0 Å². The second-order valence-corrected chi connectivity index (χ2v) is 8.27. The van der Waals surface area contributed by atoms with Crippen LogP contribution in [0, 0.1) is 31.1 Å². The third-order valence-corrected chi connectivity index (χ3v) is 6.30. The second-order valence-electron chi connectivity index (χ2n) is 7.31. The van der Waals surface area contributed by atoms with Crippen molar-refractivity contribution in [2.24, 2.45) is 5.92 Å². The first-order chi connectivity index (χ1) is 12.5. The highest BCUT2D eigenvalue weighted by atomic mass is 32.2. The van der Waals surface area contributed by atoms with Crippen LogP contribution in [0.25, 0.3) is 10.9 Å². The number of rotatable bonds is 4. The molecule has 1 fully saturated rings. The molecular formula is C21H25N3OS. The van der Waals surface area contributed by atoms with E-state index in [-0.39, 0.29) is 11.9 Å². The van der Waals surface area contributed by atoms with Crippen LogP contribution in [0.2, 0.25) is 0 Å². The number of thioether (sulfide) groups is 1. The molecule has 1 aromatic heterocycles. The largest absolute Gasteiger partial charge is 0.352 e. The molecule has 1 saturated carbocycles. The van der Waals surface area contributed by atoms with E-state index in [4.69, 9.17) is 0 Å². The first-order valence-corrected chi connectivity index (χ1v) is 10.2. The van der Waals surface area contributed by atoms with Crippen LogP contribution in [-0.4, -0.2) is 22.7 Å². The average Bonchev–Trinajstić information content (AvgIpc) is 2.62. The molecule has 3 rings (SSSR count). The number of nitrogens with one attached hydrogen (secondary N) is 1. The minimum absolute atomic E-state index is 0.0274. The van der Waals surface area contributed by atoms with Crippen LogP contribution in [0.1, 0.15) is 49.3 Å². The minimum atomic E-state index is 0.0274. The number of pyridine rings is 1. The number of nitrogens with zero attached hydrogens (tertiary/aromatic N) is 2. The summed E-state index contributed by atoms with van der Waals surface area (Å²) >= 11 is 1.35. The summed E-state index contributed by atoms with van der Waals surface area (Å²) in [7, 11) is 0. The van der Waals surface area contributed by atoms with E-state index in [9.17, 15) is 10.1 Å². The number of hydrogen-bond acceptors (Lipinski definition) is 4.